The maximum atomic E-state index is 10.9. The van der Waals surface area contributed by atoms with E-state index >= 15 is 0 Å². The molecule has 0 aliphatic heterocycles. The molecule has 26 heavy (non-hydrogen) atoms. The molecule has 0 radical (unpaired) electrons. The van der Waals surface area contributed by atoms with Gasteiger partial charge in [0, 0.05) is 18.3 Å². The number of carbonyl (C=O) groups excluding carboxylic acids is 1. The van der Waals surface area contributed by atoms with Crippen LogP contribution in [0.1, 0.15) is 12.5 Å². The number of carbonyl (C=O) groups is 1. The molecule has 0 saturated carbocycles. The number of nitro benzene ring substituents is 1. The normalized spacial score (nSPS) is 10.7. The molecular weight excluding hydrogens is 362 g/mol. The molecule has 9 heteroatoms. The Balaban J connectivity index is 2.25. The summed E-state index contributed by atoms with van der Waals surface area (Å²) in [5, 5.41) is 10.9. The third-order valence-corrected chi connectivity index (χ3v) is 3.39. The Hall–Kier alpha value is -3.13. The molecule has 2 N–H and O–H groups in total. The van der Waals surface area contributed by atoms with Gasteiger partial charge in [-0.1, -0.05) is 11.6 Å². The molecule has 2 rings (SSSR count). The van der Waals surface area contributed by atoms with Crippen LogP contribution in [-0.2, 0) is 4.79 Å². The van der Waals surface area contributed by atoms with E-state index in [1.807, 2.05) is 0 Å². The minimum Gasteiger partial charge on any atom is -0.490 e. The molecule has 0 aliphatic carbocycles. The van der Waals surface area contributed by atoms with E-state index in [-0.39, 0.29) is 23.1 Å². The molecule has 0 aromatic heterocycles. The van der Waals surface area contributed by atoms with Crippen LogP contribution in [0.4, 0.5) is 11.4 Å². The Labute approximate surface area is 154 Å². The SMILES string of the molecule is CCOc1cc(C=Nc2ccc([N+](=O)[O-])cc2)cc(Cl)c1OCC(N)=O. The molecule has 0 heterocycles. The lowest BCUT2D eigenvalue weighted by Crippen LogP contribution is -2.20. The maximum absolute atomic E-state index is 10.9. The van der Waals surface area contributed by atoms with Gasteiger partial charge in [0.05, 0.1) is 22.2 Å². The first kappa shape index (κ1) is 19.2. The first-order valence-corrected chi connectivity index (χ1v) is 7.94. The number of primary amides is 1. The highest BCUT2D eigenvalue weighted by molar-refractivity contribution is 6.32. The van der Waals surface area contributed by atoms with Crippen LogP contribution in [0.15, 0.2) is 41.4 Å². The van der Waals surface area contributed by atoms with Crippen LogP contribution >= 0.6 is 11.6 Å². The average Bonchev–Trinajstić information content (AvgIpc) is 2.59. The van der Waals surface area contributed by atoms with Gasteiger partial charge < -0.3 is 15.2 Å². The highest BCUT2D eigenvalue weighted by atomic mass is 35.5. The molecule has 8 nitrogen and oxygen atoms in total. The summed E-state index contributed by atoms with van der Waals surface area (Å²) in [6, 6.07) is 9.04. The third kappa shape index (κ3) is 5.18. The first-order valence-electron chi connectivity index (χ1n) is 7.56. The minimum atomic E-state index is -0.632. The van der Waals surface area contributed by atoms with Gasteiger partial charge >= 0.3 is 0 Å². The Morgan fingerprint density at radius 1 is 1.31 bits per heavy atom. The Bertz CT molecular complexity index is 837. The van der Waals surface area contributed by atoms with Gasteiger partial charge in [-0.25, -0.2) is 0 Å². The fraction of sp³-hybridized carbons (Fsp3) is 0.176. The van der Waals surface area contributed by atoms with E-state index in [1.54, 1.807) is 19.1 Å². The molecule has 0 bridgehead atoms. The van der Waals surface area contributed by atoms with Crippen LogP contribution in [0, 0.1) is 10.1 Å². The number of nitrogens with zero attached hydrogens (tertiary/aromatic N) is 2. The predicted molar refractivity (Wildman–Crippen MR) is 97.7 cm³/mol. The van der Waals surface area contributed by atoms with Crippen LogP contribution in [-0.4, -0.2) is 30.3 Å². The van der Waals surface area contributed by atoms with E-state index in [0.29, 0.717) is 23.6 Å². The zero-order chi connectivity index (χ0) is 19.1. The van der Waals surface area contributed by atoms with Crippen molar-refractivity contribution in [1.82, 2.24) is 0 Å². The summed E-state index contributed by atoms with van der Waals surface area (Å²) in [4.78, 5) is 25.3. The van der Waals surface area contributed by atoms with Crippen molar-refractivity contribution in [2.75, 3.05) is 13.2 Å². The average molecular weight is 378 g/mol. The zero-order valence-corrected chi connectivity index (χ0v) is 14.6. The van der Waals surface area contributed by atoms with Crippen molar-refractivity contribution in [3.8, 4) is 11.5 Å². The van der Waals surface area contributed by atoms with Crippen LogP contribution in [0.2, 0.25) is 5.02 Å². The number of aliphatic imine (C=N–C) groups is 1. The molecule has 0 aliphatic rings. The number of nitrogens with two attached hydrogens (primary N) is 1. The molecule has 0 spiro atoms. The van der Waals surface area contributed by atoms with Crippen molar-refractivity contribution >= 4 is 35.1 Å². The number of amides is 1. The summed E-state index contributed by atoms with van der Waals surface area (Å²) < 4.78 is 10.8. The number of non-ortho nitro benzene ring substituents is 1. The summed E-state index contributed by atoms with van der Waals surface area (Å²) in [5.41, 5.74) is 6.23. The van der Waals surface area contributed by atoms with Crippen molar-refractivity contribution in [2.24, 2.45) is 10.7 Å². The second-order valence-corrected chi connectivity index (χ2v) is 5.46. The number of nitro groups is 1. The van der Waals surface area contributed by atoms with Crippen LogP contribution < -0.4 is 15.2 Å². The summed E-state index contributed by atoms with van der Waals surface area (Å²) in [6.07, 6.45) is 1.54. The highest BCUT2D eigenvalue weighted by Crippen LogP contribution is 2.36. The van der Waals surface area contributed by atoms with Crippen molar-refractivity contribution in [3.05, 3.63) is 57.1 Å². The summed E-state index contributed by atoms with van der Waals surface area (Å²) >= 11 is 6.20. The zero-order valence-electron chi connectivity index (χ0n) is 13.8. The van der Waals surface area contributed by atoms with Gasteiger partial charge in [-0.15, -0.1) is 0 Å². The van der Waals surface area contributed by atoms with Gasteiger partial charge in [0.1, 0.15) is 0 Å². The molecular formula is C17H16ClN3O5. The van der Waals surface area contributed by atoms with E-state index in [4.69, 9.17) is 26.8 Å². The van der Waals surface area contributed by atoms with E-state index in [0.717, 1.165) is 0 Å². The minimum absolute atomic E-state index is 0.0124. The van der Waals surface area contributed by atoms with Crippen LogP contribution in [0.25, 0.3) is 0 Å². The second kappa shape index (κ2) is 8.82. The van der Waals surface area contributed by atoms with Crippen molar-refractivity contribution < 1.29 is 19.2 Å². The lowest BCUT2D eigenvalue weighted by Gasteiger charge is -2.13. The molecule has 0 fully saturated rings. The topological polar surface area (TPSA) is 117 Å². The molecule has 0 unspecified atom stereocenters. The van der Waals surface area contributed by atoms with E-state index in [2.05, 4.69) is 4.99 Å². The van der Waals surface area contributed by atoms with Gasteiger partial charge in [0.15, 0.2) is 18.1 Å². The van der Waals surface area contributed by atoms with Crippen molar-refractivity contribution in [3.63, 3.8) is 0 Å². The smallest absolute Gasteiger partial charge is 0.269 e. The molecule has 2 aromatic rings. The third-order valence-electron chi connectivity index (χ3n) is 3.11. The first-order chi connectivity index (χ1) is 12.4. The van der Waals surface area contributed by atoms with E-state index in [1.165, 1.54) is 30.5 Å². The van der Waals surface area contributed by atoms with E-state index < -0.39 is 10.8 Å². The molecule has 136 valence electrons. The van der Waals surface area contributed by atoms with Gasteiger partial charge in [-0.3, -0.25) is 19.9 Å². The molecule has 1 amide bonds. The highest BCUT2D eigenvalue weighted by Gasteiger charge is 2.13. The summed E-state index contributed by atoms with van der Waals surface area (Å²) in [6.45, 7) is 1.84. The van der Waals surface area contributed by atoms with Crippen LogP contribution in [0.3, 0.4) is 0 Å². The monoisotopic (exact) mass is 377 g/mol. The molecule has 0 saturated heterocycles. The molecule has 0 atom stereocenters. The van der Waals surface area contributed by atoms with Crippen molar-refractivity contribution in [2.45, 2.75) is 6.92 Å². The number of benzene rings is 2. The quantitative estimate of drug-likeness (QED) is 0.430. The standard InChI is InChI=1S/C17H16ClN3O5/c1-2-25-15-8-11(7-14(18)17(15)26-10-16(19)22)9-20-12-3-5-13(6-4-12)21(23)24/h3-9H,2,10H2,1H3,(H2,19,22). The summed E-state index contributed by atoms with van der Waals surface area (Å²) in [5.74, 6) is -0.0569. The molecule has 2 aromatic carbocycles. The van der Waals surface area contributed by atoms with Crippen LogP contribution in [0.5, 0.6) is 11.5 Å². The number of hydrogen-bond donors (Lipinski definition) is 1. The van der Waals surface area contributed by atoms with Gasteiger partial charge in [-0.2, -0.15) is 0 Å². The lowest BCUT2D eigenvalue weighted by molar-refractivity contribution is -0.384. The second-order valence-electron chi connectivity index (χ2n) is 5.05. The van der Waals surface area contributed by atoms with Gasteiger partial charge in [0.2, 0.25) is 0 Å². The number of ether oxygens (including phenoxy) is 2. The number of hydrogen-bond acceptors (Lipinski definition) is 6. The predicted octanol–water partition coefficient (Wildman–Crippen LogP) is 3.26. The number of rotatable bonds is 8. The summed E-state index contributed by atoms with van der Waals surface area (Å²) in [7, 11) is 0. The van der Waals surface area contributed by atoms with Gasteiger partial charge in [0.25, 0.3) is 11.6 Å². The fourth-order valence-electron chi connectivity index (χ4n) is 2.02. The largest absolute Gasteiger partial charge is 0.490 e. The lowest BCUT2D eigenvalue weighted by atomic mass is 10.2. The fourth-order valence-corrected chi connectivity index (χ4v) is 2.29. The Morgan fingerprint density at radius 3 is 2.58 bits per heavy atom. The van der Waals surface area contributed by atoms with Gasteiger partial charge in [-0.05, 0) is 36.8 Å². The Morgan fingerprint density at radius 2 is 2.00 bits per heavy atom. The van der Waals surface area contributed by atoms with Crippen molar-refractivity contribution in [1.29, 1.82) is 0 Å². The van der Waals surface area contributed by atoms with E-state index in [9.17, 15) is 14.9 Å². The number of halogens is 1. The Kier molecular flexibility index (Phi) is 6.51. The maximum Gasteiger partial charge on any atom is 0.269 e.